The lowest BCUT2D eigenvalue weighted by Crippen LogP contribution is -2.42. The topological polar surface area (TPSA) is 42.0 Å². The molecule has 1 aromatic heterocycles. The van der Waals surface area contributed by atoms with Gasteiger partial charge in [-0.05, 0) is 19.8 Å². The molecule has 2 heterocycles. The molecule has 0 bridgehead atoms. The molecule has 4 heteroatoms. The zero-order valence-electron chi connectivity index (χ0n) is 9.17. The first-order chi connectivity index (χ1) is 7.15. The molecule has 1 unspecified atom stereocenters. The van der Waals surface area contributed by atoms with Crippen LogP contribution in [-0.4, -0.2) is 16.4 Å². The third-order valence-electron chi connectivity index (χ3n) is 3.26. The fourth-order valence-electron chi connectivity index (χ4n) is 2.10. The van der Waals surface area contributed by atoms with Crippen LogP contribution in [0.4, 0.5) is 0 Å². The van der Waals surface area contributed by atoms with E-state index in [0.29, 0.717) is 6.42 Å². The second-order valence-corrected chi connectivity index (χ2v) is 5.16. The summed E-state index contributed by atoms with van der Waals surface area (Å²) >= 11 is 1.69. The van der Waals surface area contributed by atoms with E-state index in [1.807, 2.05) is 12.4 Å². The number of aromatic nitrogens is 1. The fourth-order valence-corrected chi connectivity index (χ4v) is 3.02. The summed E-state index contributed by atoms with van der Waals surface area (Å²) in [5.74, 6) is 0.194. The maximum Gasteiger partial charge on any atom is 0.220 e. The van der Waals surface area contributed by atoms with Crippen molar-refractivity contribution >= 4 is 17.2 Å². The van der Waals surface area contributed by atoms with Gasteiger partial charge in [-0.25, -0.2) is 4.98 Å². The molecule has 3 nitrogen and oxygen atoms in total. The Hall–Kier alpha value is -0.900. The number of carbonyl (C=O) groups excluding carboxylic acids is 1. The van der Waals surface area contributed by atoms with Crippen LogP contribution >= 0.6 is 11.3 Å². The van der Waals surface area contributed by atoms with Crippen LogP contribution in [-0.2, 0) is 11.2 Å². The number of rotatable bonds is 3. The molecule has 1 N–H and O–H groups in total. The van der Waals surface area contributed by atoms with Gasteiger partial charge in [0.05, 0.1) is 11.2 Å². The van der Waals surface area contributed by atoms with Crippen LogP contribution < -0.4 is 5.32 Å². The zero-order chi connectivity index (χ0) is 10.9. The molecule has 1 fully saturated rings. The SMILES string of the molecule is CCC1(Cc2scnc2C)CCC(=O)N1. The molecule has 2 rings (SSSR count). The first kappa shape index (κ1) is 10.6. The number of hydrogen-bond acceptors (Lipinski definition) is 3. The normalized spacial score (nSPS) is 25.6. The van der Waals surface area contributed by atoms with Crippen LogP contribution in [0.5, 0.6) is 0 Å². The molecule has 1 saturated heterocycles. The fraction of sp³-hybridized carbons (Fsp3) is 0.636. The van der Waals surface area contributed by atoms with Crippen LogP contribution in [0.1, 0.15) is 36.8 Å². The molecule has 1 aliphatic rings. The van der Waals surface area contributed by atoms with Gasteiger partial charge in [0.15, 0.2) is 0 Å². The number of hydrogen-bond donors (Lipinski definition) is 1. The van der Waals surface area contributed by atoms with Gasteiger partial charge in [-0.1, -0.05) is 6.92 Å². The van der Waals surface area contributed by atoms with E-state index >= 15 is 0 Å². The number of carbonyl (C=O) groups is 1. The third kappa shape index (κ3) is 2.04. The number of nitrogens with zero attached hydrogens (tertiary/aromatic N) is 1. The molecule has 1 atom stereocenters. The first-order valence-corrected chi connectivity index (χ1v) is 6.23. The molecule has 0 aliphatic carbocycles. The van der Waals surface area contributed by atoms with Crippen molar-refractivity contribution in [2.24, 2.45) is 0 Å². The van der Waals surface area contributed by atoms with E-state index < -0.39 is 0 Å². The van der Waals surface area contributed by atoms with Gasteiger partial charge < -0.3 is 5.32 Å². The maximum atomic E-state index is 11.3. The highest BCUT2D eigenvalue weighted by molar-refractivity contribution is 7.09. The predicted octanol–water partition coefficient (Wildman–Crippen LogP) is 2.05. The van der Waals surface area contributed by atoms with Crippen molar-refractivity contribution in [1.29, 1.82) is 0 Å². The molecule has 0 radical (unpaired) electrons. The molecule has 15 heavy (non-hydrogen) atoms. The van der Waals surface area contributed by atoms with Gasteiger partial charge in [-0.2, -0.15) is 0 Å². The highest BCUT2D eigenvalue weighted by Crippen LogP contribution is 2.30. The summed E-state index contributed by atoms with van der Waals surface area (Å²) in [6.07, 6.45) is 3.56. The van der Waals surface area contributed by atoms with Crippen LogP contribution in [0.2, 0.25) is 0 Å². The van der Waals surface area contributed by atoms with E-state index in [4.69, 9.17) is 0 Å². The second-order valence-electron chi connectivity index (χ2n) is 4.22. The van der Waals surface area contributed by atoms with Gasteiger partial charge in [-0.3, -0.25) is 4.79 Å². The lowest BCUT2D eigenvalue weighted by atomic mass is 9.89. The largest absolute Gasteiger partial charge is 0.350 e. The summed E-state index contributed by atoms with van der Waals surface area (Å²) in [7, 11) is 0. The second kappa shape index (κ2) is 3.93. The van der Waals surface area contributed by atoms with E-state index in [9.17, 15) is 4.79 Å². The molecule has 0 aromatic carbocycles. The number of aryl methyl sites for hydroxylation is 1. The molecule has 0 saturated carbocycles. The van der Waals surface area contributed by atoms with Crippen molar-refractivity contribution < 1.29 is 4.79 Å². The first-order valence-electron chi connectivity index (χ1n) is 5.35. The van der Waals surface area contributed by atoms with Crippen molar-refractivity contribution in [3.05, 3.63) is 16.1 Å². The van der Waals surface area contributed by atoms with Crippen LogP contribution in [0.3, 0.4) is 0 Å². The Balaban J connectivity index is 2.15. The Bertz CT molecular complexity index is 374. The van der Waals surface area contributed by atoms with E-state index in [0.717, 1.165) is 25.0 Å². The van der Waals surface area contributed by atoms with Crippen LogP contribution in [0.15, 0.2) is 5.51 Å². The summed E-state index contributed by atoms with van der Waals surface area (Å²) in [5.41, 5.74) is 2.98. The Kier molecular flexibility index (Phi) is 2.78. The molecular formula is C11H16N2OS. The molecule has 82 valence electrons. The van der Waals surface area contributed by atoms with Crippen molar-refractivity contribution in [3.8, 4) is 0 Å². The minimum Gasteiger partial charge on any atom is -0.350 e. The summed E-state index contributed by atoms with van der Waals surface area (Å²) < 4.78 is 0. The average Bonchev–Trinajstić information content (AvgIpc) is 2.76. The Morgan fingerprint density at radius 3 is 2.93 bits per heavy atom. The maximum absolute atomic E-state index is 11.3. The summed E-state index contributed by atoms with van der Waals surface area (Å²) in [6.45, 7) is 4.17. The summed E-state index contributed by atoms with van der Waals surface area (Å²) in [6, 6.07) is 0. The number of nitrogens with one attached hydrogen (secondary N) is 1. The van der Waals surface area contributed by atoms with Crippen LogP contribution in [0, 0.1) is 6.92 Å². The van der Waals surface area contributed by atoms with E-state index in [-0.39, 0.29) is 11.4 Å². The van der Waals surface area contributed by atoms with Gasteiger partial charge in [-0.15, -0.1) is 11.3 Å². The summed E-state index contributed by atoms with van der Waals surface area (Å²) in [5, 5.41) is 3.12. The van der Waals surface area contributed by atoms with E-state index in [1.54, 1.807) is 11.3 Å². The van der Waals surface area contributed by atoms with Crippen molar-refractivity contribution in [1.82, 2.24) is 10.3 Å². The van der Waals surface area contributed by atoms with Gasteiger partial charge in [0, 0.05) is 23.3 Å². The molecular weight excluding hydrogens is 208 g/mol. The van der Waals surface area contributed by atoms with E-state index in [2.05, 4.69) is 17.2 Å². The average molecular weight is 224 g/mol. The van der Waals surface area contributed by atoms with E-state index in [1.165, 1.54) is 4.88 Å². The van der Waals surface area contributed by atoms with Crippen molar-refractivity contribution in [2.75, 3.05) is 0 Å². The molecule has 1 aliphatic heterocycles. The Labute approximate surface area is 93.9 Å². The zero-order valence-corrected chi connectivity index (χ0v) is 9.99. The Morgan fingerprint density at radius 1 is 1.67 bits per heavy atom. The standard InChI is InChI=1S/C11H16N2OS/c1-3-11(5-4-10(14)13-11)6-9-8(2)12-7-15-9/h7H,3-6H2,1-2H3,(H,13,14). The van der Waals surface area contributed by atoms with Crippen molar-refractivity contribution in [2.45, 2.75) is 45.1 Å². The van der Waals surface area contributed by atoms with Gasteiger partial charge in [0.1, 0.15) is 0 Å². The highest BCUT2D eigenvalue weighted by Gasteiger charge is 2.36. The third-order valence-corrected chi connectivity index (χ3v) is 4.19. The minimum atomic E-state index is -0.00558. The minimum absolute atomic E-state index is 0.00558. The molecule has 1 amide bonds. The predicted molar refractivity (Wildman–Crippen MR) is 61.0 cm³/mol. The molecule has 1 aromatic rings. The van der Waals surface area contributed by atoms with Crippen molar-refractivity contribution in [3.63, 3.8) is 0 Å². The van der Waals surface area contributed by atoms with Gasteiger partial charge in [0.25, 0.3) is 0 Å². The lowest BCUT2D eigenvalue weighted by Gasteiger charge is -2.27. The number of thiazole rings is 1. The monoisotopic (exact) mass is 224 g/mol. The van der Waals surface area contributed by atoms with Gasteiger partial charge >= 0.3 is 0 Å². The number of amides is 1. The highest BCUT2D eigenvalue weighted by atomic mass is 32.1. The smallest absolute Gasteiger partial charge is 0.220 e. The summed E-state index contributed by atoms with van der Waals surface area (Å²) in [4.78, 5) is 16.9. The lowest BCUT2D eigenvalue weighted by molar-refractivity contribution is -0.119. The Morgan fingerprint density at radius 2 is 2.47 bits per heavy atom. The molecule has 0 spiro atoms. The van der Waals surface area contributed by atoms with Crippen LogP contribution in [0.25, 0.3) is 0 Å². The van der Waals surface area contributed by atoms with Gasteiger partial charge in [0.2, 0.25) is 5.91 Å². The quantitative estimate of drug-likeness (QED) is 0.854.